The van der Waals surface area contributed by atoms with E-state index in [1.54, 1.807) is 0 Å². The summed E-state index contributed by atoms with van der Waals surface area (Å²) in [5.41, 5.74) is 0. The van der Waals surface area contributed by atoms with E-state index >= 15 is 0 Å². The average molecular weight is 191 g/mol. The van der Waals surface area contributed by atoms with Gasteiger partial charge in [-0.05, 0) is 26.2 Å². The van der Waals surface area contributed by atoms with Crippen LogP contribution in [0, 0.1) is 0 Å². The van der Waals surface area contributed by atoms with Crippen LogP contribution in [0.1, 0.15) is 26.2 Å². The van der Waals surface area contributed by atoms with Gasteiger partial charge in [-0.25, -0.2) is 0 Å². The van der Waals surface area contributed by atoms with Gasteiger partial charge in [0.25, 0.3) is 0 Å². The monoisotopic (exact) mass is 190 g/mol. The van der Waals surface area contributed by atoms with Gasteiger partial charge in [-0.3, -0.25) is 0 Å². The number of ether oxygens (including phenoxy) is 2. The second-order valence-electron chi connectivity index (χ2n) is 2.79. The molecule has 0 saturated carbocycles. The van der Waals surface area contributed by atoms with E-state index in [9.17, 15) is 0 Å². The first-order chi connectivity index (χ1) is 5.84. The molecule has 1 unspecified atom stereocenters. The third kappa shape index (κ3) is 3.13. The van der Waals surface area contributed by atoms with Crippen LogP contribution in [0.2, 0.25) is 0 Å². The predicted molar refractivity (Wildman–Crippen MR) is 49.2 cm³/mol. The second-order valence-corrected chi connectivity index (χ2v) is 3.22. The van der Waals surface area contributed by atoms with Crippen molar-refractivity contribution in [3.8, 4) is 0 Å². The van der Waals surface area contributed by atoms with Crippen molar-refractivity contribution in [2.75, 3.05) is 13.4 Å². The largest absolute Gasteiger partial charge is 0.356 e. The summed E-state index contributed by atoms with van der Waals surface area (Å²) >= 11 is 5.94. The minimum atomic E-state index is 0.0759. The van der Waals surface area contributed by atoms with E-state index < -0.39 is 0 Å². The van der Waals surface area contributed by atoms with Gasteiger partial charge in [0.2, 0.25) is 0 Å². The Morgan fingerprint density at radius 1 is 1.67 bits per heavy atom. The standard InChI is InChI=1S/C9H15ClO2/c1-2-11-7-12-9-6-4-3-5-8(9)10/h5,9H,2-4,6-7H2,1H3. The van der Waals surface area contributed by atoms with Crippen molar-refractivity contribution in [2.24, 2.45) is 0 Å². The van der Waals surface area contributed by atoms with Gasteiger partial charge in [0.15, 0.2) is 0 Å². The Hall–Kier alpha value is -0.0500. The summed E-state index contributed by atoms with van der Waals surface area (Å²) in [7, 11) is 0. The van der Waals surface area contributed by atoms with E-state index in [4.69, 9.17) is 21.1 Å². The topological polar surface area (TPSA) is 18.5 Å². The lowest BCUT2D eigenvalue weighted by atomic mass is 10.1. The molecule has 0 bridgehead atoms. The summed E-state index contributed by atoms with van der Waals surface area (Å²) in [6.07, 6.45) is 5.36. The molecule has 12 heavy (non-hydrogen) atoms. The van der Waals surface area contributed by atoms with E-state index in [0.29, 0.717) is 13.4 Å². The molecular formula is C9H15ClO2. The fourth-order valence-electron chi connectivity index (χ4n) is 1.19. The molecule has 70 valence electrons. The van der Waals surface area contributed by atoms with Crippen LogP contribution in [-0.4, -0.2) is 19.5 Å². The quantitative estimate of drug-likeness (QED) is 0.501. The van der Waals surface area contributed by atoms with Gasteiger partial charge < -0.3 is 9.47 Å². The van der Waals surface area contributed by atoms with Gasteiger partial charge in [0.1, 0.15) is 6.79 Å². The van der Waals surface area contributed by atoms with Gasteiger partial charge in [0, 0.05) is 11.6 Å². The summed E-state index contributed by atoms with van der Waals surface area (Å²) in [4.78, 5) is 0. The molecule has 0 fully saturated rings. The van der Waals surface area contributed by atoms with Gasteiger partial charge >= 0.3 is 0 Å². The van der Waals surface area contributed by atoms with Crippen molar-refractivity contribution in [1.29, 1.82) is 0 Å². The zero-order chi connectivity index (χ0) is 8.81. The van der Waals surface area contributed by atoms with Gasteiger partial charge in [-0.2, -0.15) is 0 Å². The van der Waals surface area contributed by atoms with Crippen molar-refractivity contribution in [2.45, 2.75) is 32.3 Å². The molecule has 3 heteroatoms. The Kier molecular flexibility index (Phi) is 4.66. The van der Waals surface area contributed by atoms with Crippen LogP contribution in [0.4, 0.5) is 0 Å². The third-order valence-corrected chi connectivity index (χ3v) is 2.27. The lowest BCUT2D eigenvalue weighted by Crippen LogP contribution is -2.17. The number of allylic oxidation sites excluding steroid dienone is 1. The van der Waals surface area contributed by atoms with Crippen molar-refractivity contribution >= 4 is 11.6 Å². The molecule has 1 aliphatic rings. The fraction of sp³-hybridized carbons (Fsp3) is 0.778. The van der Waals surface area contributed by atoms with E-state index in [2.05, 4.69) is 0 Å². The molecule has 0 saturated heterocycles. The van der Waals surface area contributed by atoms with E-state index in [-0.39, 0.29) is 6.10 Å². The number of hydrogen-bond donors (Lipinski definition) is 0. The molecule has 0 radical (unpaired) electrons. The highest BCUT2D eigenvalue weighted by Crippen LogP contribution is 2.23. The zero-order valence-corrected chi connectivity index (χ0v) is 8.14. The number of halogens is 1. The molecule has 0 aromatic rings. The Bertz CT molecular complexity index is 157. The van der Waals surface area contributed by atoms with E-state index in [1.165, 1.54) is 0 Å². The smallest absolute Gasteiger partial charge is 0.147 e. The molecule has 0 aliphatic heterocycles. The lowest BCUT2D eigenvalue weighted by Gasteiger charge is -2.20. The van der Waals surface area contributed by atoms with Crippen molar-refractivity contribution in [3.63, 3.8) is 0 Å². The maximum atomic E-state index is 5.94. The SMILES string of the molecule is CCOCOC1CCCC=C1Cl. The van der Waals surface area contributed by atoms with Crippen LogP contribution < -0.4 is 0 Å². The first kappa shape index (κ1) is 10.0. The highest BCUT2D eigenvalue weighted by molar-refractivity contribution is 6.30. The van der Waals surface area contributed by atoms with Crippen molar-refractivity contribution in [1.82, 2.24) is 0 Å². The number of hydrogen-bond acceptors (Lipinski definition) is 2. The molecule has 2 nitrogen and oxygen atoms in total. The predicted octanol–water partition coefficient (Wildman–Crippen LogP) is 2.67. The minimum absolute atomic E-state index is 0.0759. The Morgan fingerprint density at radius 2 is 2.50 bits per heavy atom. The molecule has 0 N–H and O–H groups in total. The molecule has 0 aromatic heterocycles. The molecule has 0 aromatic carbocycles. The highest BCUT2D eigenvalue weighted by Gasteiger charge is 2.15. The first-order valence-electron chi connectivity index (χ1n) is 4.39. The summed E-state index contributed by atoms with van der Waals surface area (Å²) < 4.78 is 10.5. The fourth-order valence-corrected chi connectivity index (χ4v) is 1.47. The van der Waals surface area contributed by atoms with E-state index in [0.717, 1.165) is 24.3 Å². The average Bonchev–Trinajstić information content (AvgIpc) is 2.09. The van der Waals surface area contributed by atoms with Gasteiger partial charge in [-0.15, -0.1) is 0 Å². The molecule has 1 aliphatic carbocycles. The third-order valence-electron chi connectivity index (χ3n) is 1.87. The van der Waals surface area contributed by atoms with Gasteiger partial charge in [0.05, 0.1) is 6.10 Å². The summed E-state index contributed by atoms with van der Waals surface area (Å²) in [5.74, 6) is 0. The van der Waals surface area contributed by atoms with E-state index in [1.807, 2.05) is 13.0 Å². The summed E-state index contributed by atoms with van der Waals surface area (Å²) in [6, 6.07) is 0. The molecule has 1 rings (SSSR count). The van der Waals surface area contributed by atoms with Crippen molar-refractivity contribution in [3.05, 3.63) is 11.1 Å². The van der Waals surface area contributed by atoms with Gasteiger partial charge in [-0.1, -0.05) is 17.7 Å². The van der Waals surface area contributed by atoms with Crippen molar-refractivity contribution < 1.29 is 9.47 Å². The summed E-state index contributed by atoms with van der Waals surface area (Å²) in [6.45, 7) is 2.99. The van der Waals surface area contributed by atoms with Crippen LogP contribution in [0.3, 0.4) is 0 Å². The van der Waals surface area contributed by atoms with Crippen LogP contribution in [0.15, 0.2) is 11.1 Å². The van der Waals surface area contributed by atoms with Crippen LogP contribution in [0.25, 0.3) is 0 Å². The Balaban J connectivity index is 2.21. The molecule has 0 heterocycles. The second kappa shape index (κ2) is 5.57. The van der Waals surface area contributed by atoms with Crippen LogP contribution >= 0.6 is 11.6 Å². The maximum Gasteiger partial charge on any atom is 0.147 e. The lowest BCUT2D eigenvalue weighted by molar-refractivity contribution is -0.0761. The van der Waals surface area contributed by atoms with Crippen LogP contribution in [0.5, 0.6) is 0 Å². The first-order valence-corrected chi connectivity index (χ1v) is 4.77. The Labute approximate surface area is 78.5 Å². The Morgan fingerprint density at radius 3 is 3.17 bits per heavy atom. The minimum Gasteiger partial charge on any atom is -0.356 e. The van der Waals surface area contributed by atoms with Crippen LogP contribution in [-0.2, 0) is 9.47 Å². The molecule has 0 amide bonds. The summed E-state index contributed by atoms with van der Waals surface area (Å²) in [5, 5.41) is 0.834. The molecule has 1 atom stereocenters. The number of rotatable bonds is 4. The molecule has 0 spiro atoms. The highest BCUT2D eigenvalue weighted by atomic mass is 35.5. The zero-order valence-electron chi connectivity index (χ0n) is 7.38. The maximum absolute atomic E-state index is 5.94. The normalized spacial score (nSPS) is 23.8. The molecular weight excluding hydrogens is 176 g/mol.